The summed E-state index contributed by atoms with van der Waals surface area (Å²) in [5.74, 6) is 1.29. The third kappa shape index (κ3) is 4.38. The zero-order valence-electron chi connectivity index (χ0n) is 19.9. The molecular weight excluding hydrogens is 466 g/mol. The van der Waals surface area contributed by atoms with E-state index in [9.17, 15) is 13.2 Å². The maximum absolute atomic E-state index is 13.6. The first-order valence-corrected chi connectivity index (χ1v) is 14.4. The van der Waals surface area contributed by atoms with Crippen molar-refractivity contribution in [1.29, 1.82) is 0 Å². The third-order valence-corrected chi connectivity index (χ3v) is 9.31. The molecule has 3 fully saturated rings. The second kappa shape index (κ2) is 8.74. The molecule has 3 aliphatic rings. The highest BCUT2D eigenvalue weighted by atomic mass is 32.2. The number of fused-ring (bicyclic) bond motifs is 1. The Labute approximate surface area is 204 Å². The summed E-state index contributed by atoms with van der Waals surface area (Å²) in [4.78, 5) is 20.9. The lowest BCUT2D eigenvalue weighted by molar-refractivity contribution is 0.0935. The van der Waals surface area contributed by atoms with Gasteiger partial charge < -0.3 is 9.73 Å². The molecule has 0 bridgehead atoms. The van der Waals surface area contributed by atoms with Gasteiger partial charge >= 0.3 is 0 Å². The number of carbonyl (C=O) groups excluding carboxylic acids is 1. The maximum Gasteiger partial charge on any atom is 0.252 e. The largest absolute Gasteiger partial charge is 0.468 e. The smallest absolute Gasteiger partial charge is 0.252 e. The third-order valence-electron chi connectivity index (χ3n) is 7.56. The van der Waals surface area contributed by atoms with Crippen LogP contribution in [0.3, 0.4) is 0 Å². The Hall–Kier alpha value is -2.72. The fourth-order valence-corrected chi connectivity index (χ4v) is 7.24. The SMILES string of the molecule is Cc1nn(C2CCS(=O)(=O)C2)c2nc(C3CC3)cc(C(=O)NCC(c3ccco3)N3CCCC3)c12. The van der Waals surface area contributed by atoms with Gasteiger partial charge in [-0.2, -0.15) is 5.10 Å². The lowest BCUT2D eigenvalue weighted by atomic mass is 10.1. The van der Waals surface area contributed by atoms with Crippen LogP contribution in [-0.2, 0) is 9.84 Å². The Balaban J connectivity index is 1.33. The summed E-state index contributed by atoms with van der Waals surface area (Å²) < 4.78 is 31.7. The molecule has 1 aliphatic carbocycles. The summed E-state index contributed by atoms with van der Waals surface area (Å²) in [5.41, 5.74) is 2.79. The molecule has 10 heteroatoms. The Morgan fingerprint density at radius 2 is 2.06 bits per heavy atom. The van der Waals surface area contributed by atoms with Gasteiger partial charge in [-0.1, -0.05) is 0 Å². The highest BCUT2D eigenvalue weighted by molar-refractivity contribution is 7.91. The number of nitrogens with one attached hydrogen (secondary N) is 1. The van der Waals surface area contributed by atoms with Crippen molar-refractivity contribution < 1.29 is 17.6 Å². The number of carbonyl (C=O) groups is 1. The van der Waals surface area contributed by atoms with Gasteiger partial charge in [-0.15, -0.1) is 0 Å². The zero-order valence-corrected chi connectivity index (χ0v) is 20.8. The summed E-state index contributed by atoms with van der Waals surface area (Å²) in [5, 5.41) is 8.56. The molecule has 9 nitrogen and oxygen atoms in total. The van der Waals surface area contributed by atoms with Crippen molar-refractivity contribution in [2.24, 2.45) is 0 Å². The molecule has 2 atom stereocenters. The minimum atomic E-state index is -3.07. The predicted octanol–water partition coefficient (Wildman–Crippen LogP) is 3.14. The van der Waals surface area contributed by atoms with Crippen LogP contribution in [0.25, 0.3) is 11.0 Å². The van der Waals surface area contributed by atoms with Gasteiger partial charge in [-0.25, -0.2) is 18.1 Å². The van der Waals surface area contributed by atoms with Crippen LogP contribution in [0.5, 0.6) is 0 Å². The minimum Gasteiger partial charge on any atom is -0.468 e. The van der Waals surface area contributed by atoms with E-state index in [0.29, 0.717) is 41.2 Å². The molecule has 6 rings (SSSR count). The fraction of sp³-hybridized carbons (Fsp3) is 0.560. The average molecular weight is 498 g/mol. The lowest BCUT2D eigenvalue weighted by Crippen LogP contribution is -2.36. The van der Waals surface area contributed by atoms with Crippen LogP contribution >= 0.6 is 0 Å². The lowest BCUT2D eigenvalue weighted by Gasteiger charge is -2.26. The molecule has 1 amide bonds. The van der Waals surface area contributed by atoms with Gasteiger partial charge in [-0.3, -0.25) is 9.69 Å². The van der Waals surface area contributed by atoms with E-state index in [0.717, 1.165) is 50.2 Å². The first kappa shape index (κ1) is 22.7. The number of hydrogen-bond acceptors (Lipinski definition) is 7. The number of hydrogen-bond donors (Lipinski definition) is 1. The van der Waals surface area contributed by atoms with E-state index >= 15 is 0 Å². The maximum atomic E-state index is 13.6. The number of aromatic nitrogens is 3. The zero-order chi connectivity index (χ0) is 24.2. The molecule has 1 saturated carbocycles. The number of amides is 1. The molecule has 0 aromatic carbocycles. The van der Waals surface area contributed by atoms with Crippen LogP contribution in [0.2, 0.25) is 0 Å². The van der Waals surface area contributed by atoms with E-state index in [1.54, 1.807) is 10.9 Å². The summed E-state index contributed by atoms with van der Waals surface area (Å²) in [6.07, 6.45) is 6.61. The van der Waals surface area contributed by atoms with Crippen LogP contribution in [0.15, 0.2) is 28.9 Å². The minimum absolute atomic E-state index is 0.0100. The molecule has 0 radical (unpaired) electrons. The van der Waals surface area contributed by atoms with Crippen LogP contribution < -0.4 is 5.32 Å². The number of pyridine rings is 1. The molecule has 0 spiro atoms. The summed E-state index contributed by atoms with van der Waals surface area (Å²) >= 11 is 0. The van der Waals surface area contributed by atoms with Crippen molar-refractivity contribution in [1.82, 2.24) is 25.0 Å². The normalized spacial score (nSPS) is 23.2. The Morgan fingerprint density at radius 3 is 2.71 bits per heavy atom. The summed E-state index contributed by atoms with van der Waals surface area (Å²) in [6, 6.07) is 5.51. The molecule has 186 valence electrons. The van der Waals surface area contributed by atoms with E-state index in [4.69, 9.17) is 9.40 Å². The van der Waals surface area contributed by atoms with Crippen molar-refractivity contribution in [2.75, 3.05) is 31.1 Å². The number of sulfone groups is 1. The van der Waals surface area contributed by atoms with Crippen molar-refractivity contribution in [3.63, 3.8) is 0 Å². The molecule has 35 heavy (non-hydrogen) atoms. The van der Waals surface area contributed by atoms with Gasteiger partial charge in [0, 0.05) is 18.2 Å². The molecule has 2 aliphatic heterocycles. The predicted molar refractivity (Wildman–Crippen MR) is 131 cm³/mol. The quantitative estimate of drug-likeness (QED) is 0.534. The second-order valence-corrected chi connectivity index (χ2v) is 12.4. The van der Waals surface area contributed by atoms with Crippen LogP contribution in [0.4, 0.5) is 0 Å². The molecule has 3 aromatic heterocycles. The molecule has 2 unspecified atom stereocenters. The molecule has 5 heterocycles. The van der Waals surface area contributed by atoms with E-state index < -0.39 is 9.84 Å². The van der Waals surface area contributed by atoms with Gasteiger partial charge in [0.05, 0.1) is 46.5 Å². The second-order valence-electron chi connectivity index (χ2n) is 10.1. The number of nitrogens with zero attached hydrogens (tertiary/aromatic N) is 4. The number of likely N-dealkylation sites (tertiary alicyclic amines) is 1. The van der Waals surface area contributed by atoms with Gasteiger partial charge in [-0.05, 0) is 70.3 Å². The Kier molecular flexibility index (Phi) is 5.68. The first-order valence-electron chi connectivity index (χ1n) is 12.6. The number of furan rings is 1. The van der Waals surface area contributed by atoms with E-state index in [1.807, 2.05) is 25.1 Å². The van der Waals surface area contributed by atoms with Crippen LogP contribution in [0, 0.1) is 6.92 Å². The van der Waals surface area contributed by atoms with Crippen molar-refractivity contribution in [3.05, 3.63) is 47.2 Å². The standard InChI is InChI=1S/C25H31N5O4S/c1-16-23-19(25(31)26-14-21(22-5-4-11-34-22)29-9-2-3-10-29)13-20(17-6-7-17)27-24(23)30(28-16)18-8-12-35(32,33)15-18/h4-5,11,13,17-18,21H,2-3,6-10,12,14-15H2,1H3,(H,26,31). The number of aryl methyl sites for hydroxylation is 1. The van der Waals surface area contributed by atoms with Crippen molar-refractivity contribution >= 4 is 26.8 Å². The highest BCUT2D eigenvalue weighted by Gasteiger charge is 2.34. The molecule has 3 aromatic rings. The number of rotatable bonds is 7. The van der Waals surface area contributed by atoms with Gasteiger partial charge in [0.15, 0.2) is 15.5 Å². The Bertz CT molecular complexity index is 1350. The van der Waals surface area contributed by atoms with Gasteiger partial charge in [0.2, 0.25) is 0 Å². The van der Waals surface area contributed by atoms with E-state index in [1.165, 1.54) is 0 Å². The average Bonchev–Trinajstić information content (AvgIpc) is 3.22. The van der Waals surface area contributed by atoms with Crippen molar-refractivity contribution in [2.45, 2.75) is 57.0 Å². The monoisotopic (exact) mass is 497 g/mol. The van der Waals surface area contributed by atoms with Crippen LogP contribution in [0.1, 0.15) is 77.6 Å². The fourth-order valence-electron chi connectivity index (χ4n) is 5.55. The highest BCUT2D eigenvalue weighted by Crippen LogP contribution is 2.41. The van der Waals surface area contributed by atoms with Gasteiger partial charge in [0.25, 0.3) is 5.91 Å². The Morgan fingerprint density at radius 1 is 1.26 bits per heavy atom. The van der Waals surface area contributed by atoms with Gasteiger partial charge in [0.1, 0.15) is 5.76 Å². The molecule has 1 N–H and O–H groups in total. The topological polar surface area (TPSA) is 110 Å². The molecule has 2 saturated heterocycles. The van der Waals surface area contributed by atoms with Crippen LogP contribution in [-0.4, -0.2) is 65.1 Å². The summed E-state index contributed by atoms with van der Waals surface area (Å²) in [6.45, 7) is 4.29. The van der Waals surface area contributed by atoms with Crippen molar-refractivity contribution in [3.8, 4) is 0 Å². The first-order chi connectivity index (χ1) is 16.9. The molecular formula is C25H31N5O4S. The van der Waals surface area contributed by atoms with E-state index in [2.05, 4.69) is 15.3 Å². The van der Waals surface area contributed by atoms with E-state index in [-0.39, 0.29) is 29.5 Å². The summed E-state index contributed by atoms with van der Waals surface area (Å²) in [7, 11) is -3.07.